The zero-order chi connectivity index (χ0) is 22.7. The van der Waals surface area contributed by atoms with Crippen LogP contribution in [0.4, 0.5) is 5.69 Å². The molecule has 1 amide bonds. The zero-order valence-electron chi connectivity index (χ0n) is 18.1. The number of amides is 1. The van der Waals surface area contributed by atoms with Crippen molar-refractivity contribution in [3.8, 4) is 17.5 Å². The minimum atomic E-state index is -0.470. The van der Waals surface area contributed by atoms with Gasteiger partial charge < -0.3 is 14.6 Å². The second-order valence-corrected chi connectivity index (χ2v) is 7.40. The first kappa shape index (κ1) is 20.9. The molecule has 0 unspecified atom stereocenters. The number of rotatable bonds is 5. The number of carbonyl (C=O) groups is 1. The van der Waals surface area contributed by atoms with E-state index in [1.807, 2.05) is 50.2 Å². The van der Waals surface area contributed by atoms with Crippen molar-refractivity contribution in [1.29, 1.82) is 5.26 Å². The molecule has 4 rings (SSSR count). The van der Waals surface area contributed by atoms with Gasteiger partial charge in [0.15, 0.2) is 0 Å². The Labute approximate surface area is 186 Å². The second kappa shape index (κ2) is 8.78. The van der Waals surface area contributed by atoms with Crippen molar-refractivity contribution in [3.63, 3.8) is 0 Å². The van der Waals surface area contributed by atoms with Crippen LogP contribution in [0.25, 0.3) is 22.7 Å². The summed E-state index contributed by atoms with van der Waals surface area (Å²) < 4.78 is 7.29. The lowest BCUT2D eigenvalue weighted by molar-refractivity contribution is -0.112. The molecule has 158 valence electrons. The number of anilines is 1. The Morgan fingerprint density at radius 2 is 1.97 bits per heavy atom. The van der Waals surface area contributed by atoms with Crippen LogP contribution in [0.5, 0.6) is 5.75 Å². The van der Waals surface area contributed by atoms with Crippen LogP contribution in [-0.2, 0) is 4.79 Å². The van der Waals surface area contributed by atoms with Gasteiger partial charge >= 0.3 is 0 Å². The number of hydrogen-bond acceptors (Lipinski definition) is 4. The van der Waals surface area contributed by atoms with Crippen molar-refractivity contribution in [2.45, 2.75) is 13.8 Å². The van der Waals surface area contributed by atoms with Gasteiger partial charge in [-0.25, -0.2) is 0 Å². The molecule has 6 nitrogen and oxygen atoms in total. The highest BCUT2D eigenvalue weighted by atomic mass is 16.5. The maximum Gasteiger partial charge on any atom is 0.266 e. The first-order chi connectivity index (χ1) is 15.5. The van der Waals surface area contributed by atoms with E-state index < -0.39 is 5.91 Å². The predicted molar refractivity (Wildman–Crippen MR) is 126 cm³/mol. The van der Waals surface area contributed by atoms with Crippen LogP contribution in [0.1, 0.15) is 17.0 Å². The molecule has 0 bridgehead atoms. The van der Waals surface area contributed by atoms with E-state index in [1.165, 1.54) is 0 Å². The number of nitrogens with one attached hydrogen (secondary N) is 1. The molecule has 0 aliphatic rings. The van der Waals surface area contributed by atoms with Crippen LogP contribution < -0.4 is 10.1 Å². The fourth-order valence-corrected chi connectivity index (χ4v) is 3.74. The quantitative estimate of drug-likeness (QED) is 0.354. The maximum atomic E-state index is 12.7. The van der Waals surface area contributed by atoms with E-state index in [2.05, 4.69) is 20.9 Å². The van der Waals surface area contributed by atoms with Gasteiger partial charge in [0.25, 0.3) is 5.91 Å². The molecular weight excluding hydrogens is 400 g/mol. The van der Waals surface area contributed by atoms with E-state index in [1.54, 1.807) is 43.6 Å². The monoisotopic (exact) mass is 422 g/mol. The number of hydrogen-bond donors (Lipinski definition) is 1. The number of carbonyl (C=O) groups excluding carboxylic acids is 1. The lowest BCUT2D eigenvalue weighted by Gasteiger charge is -2.11. The third-order valence-electron chi connectivity index (χ3n) is 5.31. The second-order valence-electron chi connectivity index (χ2n) is 7.40. The molecule has 2 heterocycles. The summed E-state index contributed by atoms with van der Waals surface area (Å²) in [4.78, 5) is 17.1. The van der Waals surface area contributed by atoms with E-state index >= 15 is 0 Å². The number of fused-ring (bicyclic) bond motifs is 1. The number of aryl methyl sites for hydroxylation is 1. The normalized spacial score (nSPS) is 11.2. The highest BCUT2D eigenvalue weighted by Gasteiger charge is 2.14. The minimum absolute atomic E-state index is 0.0239. The molecule has 0 saturated carbocycles. The third-order valence-corrected chi connectivity index (χ3v) is 5.31. The Bertz CT molecular complexity index is 1390. The summed E-state index contributed by atoms with van der Waals surface area (Å²) in [5.74, 6) is 0.154. The Morgan fingerprint density at radius 1 is 1.12 bits per heavy atom. The van der Waals surface area contributed by atoms with Crippen molar-refractivity contribution >= 4 is 28.6 Å². The van der Waals surface area contributed by atoms with Crippen LogP contribution in [0, 0.1) is 25.2 Å². The first-order valence-electron chi connectivity index (χ1n) is 10.1. The van der Waals surface area contributed by atoms with E-state index in [4.69, 9.17) is 4.74 Å². The van der Waals surface area contributed by atoms with Crippen molar-refractivity contribution in [2.24, 2.45) is 0 Å². The molecule has 0 aliphatic heterocycles. The van der Waals surface area contributed by atoms with E-state index in [0.717, 1.165) is 33.5 Å². The summed E-state index contributed by atoms with van der Waals surface area (Å²) in [6, 6.07) is 21.0. The van der Waals surface area contributed by atoms with Gasteiger partial charge in [-0.05, 0) is 68.0 Å². The van der Waals surface area contributed by atoms with Crippen molar-refractivity contribution in [2.75, 3.05) is 12.4 Å². The Balaban J connectivity index is 1.66. The molecule has 2 aromatic heterocycles. The van der Waals surface area contributed by atoms with Gasteiger partial charge in [-0.15, -0.1) is 0 Å². The molecule has 0 spiro atoms. The smallest absolute Gasteiger partial charge is 0.266 e. The molecule has 0 atom stereocenters. The first-order valence-corrected chi connectivity index (χ1v) is 10.1. The van der Waals surface area contributed by atoms with Crippen molar-refractivity contribution in [3.05, 3.63) is 89.4 Å². The topological polar surface area (TPSA) is 79.9 Å². The molecule has 4 aromatic rings. The van der Waals surface area contributed by atoms with Gasteiger partial charge in [-0.1, -0.05) is 12.1 Å². The van der Waals surface area contributed by atoms with Crippen molar-refractivity contribution < 1.29 is 9.53 Å². The molecule has 0 saturated heterocycles. The van der Waals surface area contributed by atoms with Crippen LogP contribution in [0.3, 0.4) is 0 Å². The Morgan fingerprint density at radius 3 is 2.75 bits per heavy atom. The minimum Gasteiger partial charge on any atom is -0.497 e. The van der Waals surface area contributed by atoms with E-state index in [0.29, 0.717) is 11.4 Å². The SMILES string of the molecule is COc1cccc(NC(=O)/C(C#N)=C\c2cc(C)n(-c3ccc4ncccc4c3)c2C)c1. The van der Waals surface area contributed by atoms with Gasteiger partial charge in [-0.3, -0.25) is 9.78 Å². The highest BCUT2D eigenvalue weighted by molar-refractivity contribution is 6.09. The highest BCUT2D eigenvalue weighted by Crippen LogP contribution is 2.25. The Kier molecular flexibility index (Phi) is 5.73. The molecular formula is C26H22N4O2. The third kappa shape index (κ3) is 4.09. The van der Waals surface area contributed by atoms with Crippen LogP contribution in [0.2, 0.25) is 0 Å². The van der Waals surface area contributed by atoms with E-state index in [-0.39, 0.29) is 5.57 Å². The summed E-state index contributed by atoms with van der Waals surface area (Å²) >= 11 is 0. The van der Waals surface area contributed by atoms with Gasteiger partial charge in [0.2, 0.25) is 0 Å². The molecule has 6 heteroatoms. The molecule has 32 heavy (non-hydrogen) atoms. The number of nitriles is 1. The lowest BCUT2D eigenvalue weighted by atomic mass is 10.1. The van der Waals surface area contributed by atoms with Gasteiger partial charge in [0, 0.05) is 40.4 Å². The number of ether oxygens (including phenoxy) is 1. The standard InChI is InChI=1S/C26H22N4O2/c1-17-12-20(13-21(16-27)26(31)29-22-7-4-8-24(15-22)32-3)18(2)30(17)23-9-10-25-19(14-23)6-5-11-28-25/h4-15H,1-3H3,(H,29,31)/b21-13-. The number of pyridine rings is 1. The summed E-state index contributed by atoms with van der Waals surface area (Å²) in [5, 5.41) is 13.4. The molecule has 0 aliphatic carbocycles. The van der Waals surface area contributed by atoms with Gasteiger partial charge in [0.1, 0.15) is 17.4 Å². The van der Waals surface area contributed by atoms with Gasteiger partial charge in [0.05, 0.1) is 12.6 Å². The zero-order valence-corrected chi connectivity index (χ0v) is 18.1. The largest absolute Gasteiger partial charge is 0.497 e. The van der Waals surface area contributed by atoms with E-state index in [9.17, 15) is 10.1 Å². The maximum absolute atomic E-state index is 12.7. The summed E-state index contributed by atoms with van der Waals surface area (Å²) in [7, 11) is 1.56. The van der Waals surface area contributed by atoms with Crippen LogP contribution >= 0.6 is 0 Å². The van der Waals surface area contributed by atoms with Crippen molar-refractivity contribution in [1.82, 2.24) is 9.55 Å². The number of benzene rings is 2. The number of nitrogens with zero attached hydrogens (tertiary/aromatic N) is 3. The number of methoxy groups -OCH3 is 1. The average molecular weight is 422 g/mol. The summed E-state index contributed by atoms with van der Waals surface area (Å²) in [6.45, 7) is 3.97. The lowest BCUT2D eigenvalue weighted by Crippen LogP contribution is -2.13. The summed E-state index contributed by atoms with van der Waals surface area (Å²) in [5.41, 5.74) is 5.27. The predicted octanol–water partition coefficient (Wildman–Crippen LogP) is 5.20. The Hall–Kier alpha value is -4.37. The fraction of sp³-hybridized carbons (Fsp3) is 0.115. The van der Waals surface area contributed by atoms with Gasteiger partial charge in [-0.2, -0.15) is 5.26 Å². The van der Waals surface area contributed by atoms with Crippen LogP contribution in [0.15, 0.2) is 72.4 Å². The molecule has 0 fully saturated rings. The molecule has 2 aromatic carbocycles. The average Bonchev–Trinajstić information content (AvgIpc) is 3.09. The van der Waals surface area contributed by atoms with Crippen LogP contribution in [-0.4, -0.2) is 22.6 Å². The molecule has 1 N–H and O–H groups in total. The molecule has 0 radical (unpaired) electrons. The number of aromatic nitrogens is 2. The summed E-state index contributed by atoms with van der Waals surface area (Å²) in [6.07, 6.45) is 3.40. The fourth-order valence-electron chi connectivity index (χ4n) is 3.74.